The van der Waals surface area contributed by atoms with E-state index >= 15 is 0 Å². The molecular formula is C18H27BrO. The van der Waals surface area contributed by atoms with E-state index in [0.29, 0.717) is 16.2 Å². The molecule has 1 spiro atoms. The van der Waals surface area contributed by atoms with Crippen LogP contribution in [-0.4, -0.2) is 10.4 Å². The van der Waals surface area contributed by atoms with Crippen molar-refractivity contribution < 1.29 is 4.74 Å². The predicted octanol–water partition coefficient (Wildman–Crippen LogP) is 5.30. The molecule has 2 heterocycles. The van der Waals surface area contributed by atoms with E-state index in [1.807, 2.05) is 0 Å². The van der Waals surface area contributed by atoms with Crippen molar-refractivity contribution in [1.29, 1.82) is 0 Å². The second-order valence-corrected chi connectivity index (χ2v) is 9.38. The summed E-state index contributed by atoms with van der Waals surface area (Å²) in [5, 5.41) is 0. The van der Waals surface area contributed by atoms with Crippen LogP contribution in [0.5, 0.6) is 0 Å². The summed E-state index contributed by atoms with van der Waals surface area (Å²) >= 11 is 4.07. The van der Waals surface area contributed by atoms with Crippen LogP contribution < -0.4 is 0 Å². The van der Waals surface area contributed by atoms with Crippen molar-refractivity contribution in [2.75, 3.05) is 0 Å². The Morgan fingerprint density at radius 1 is 1.25 bits per heavy atom. The number of allylic oxidation sites excluding steroid dienone is 2. The van der Waals surface area contributed by atoms with Gasteiger partial charge < -0.3 is 4.74 Å². The Morgan fingerprint density at radius 3 is 2.85 bits per heavy atom. The zero-order valence-corrected chi connectivity index (χ0v) is 14.6. The molecule has 0 unspecified atom stereocenters. The van der Waals surface area contributed by atoms with Crippen LogP contribution in [0.4, 0.5) is 0 Å². The van der Waals surface area contributed by atoms with Crippen LogP contribution in [0.25, 0.3) is 0 Å². The monoisotopic (exact) mass is 338 g/mol. The minimum absolute atomic E-state index is 0.0828. The molecule has 0 aromatic heterocycles. The highest BCUT2D eigenvalue weighted by atomic mass is 79.9. The first-order chi connectivity index (χ1) is 9.48. The van der Waals surface area contributed by atoms with Gasteiger partial charge in [-0.2, -0.15) is 0 Å². The van der Waals surface area contributed by atoms with E-state index in [1.165, 1.54) is 44.3 Å². The Hall–Kier alpha value is 0.0200. The summed E-state index contributed by atoms with van der Waals surface area (Å²) in [6.07, 6.45) is 10.1. The van der Waals surface area contributed by atoms with Gasteiger partial charge in [0.05, 0.1) is 10.6 Å². The SMILES string of the molecule is C[C@@H]1C[C@@H]2[C@H]([C@@H]3CC=C4CCCC[C@H](Br)[C@@]13O4)C2(C)C. The Bertz CT molecular complexity index is 454. The summed E-state index contributed by atoms with van der Waals surface area (Å²) in [5.41, 5.74) is 0.631. The third-order valence-corrected chi connectivity index (χ3v) is 8.23. The van der Waals surface area contributed by atoms with Gasteiger partial charge in [0.1, 0.15) is 5.60 Å². The maximum absolute atomic E-state index is 6.75. The third-order valence-electron chi connectivity index (χ3n) is 7.06. The lowest BCUT2D eigenvalue weighted by Crippen LogP contribution is -2.58. The summed E-state index contributed by atoms with van der Waals surface area (Å²) in [7, 11) is 0. The minimum Gasteiger partial charge on any atom is -0.490 e. The molecule has 2 aliphatic heterocycles. The van der Waals surface area contributed by atoms with E-state index in [0.717, 1.165) is 17.8 Å². The van der Waals surface area contributed by atoms with E-state index in [4.69, 9.17) is 4.74 Å². The van der Waals surface area contributed by atoms with Gasteiger partial charge in [0.2, 0.25) is 0 Å². The van der Waals surface area contributed by atoms with Crippen molar-refractivity contribution in [1.82, 2.24) is 0 Å². The number of hydrogen-bond donors (Lipinski definition) is 0. The molecule has 0 aromatic rings. The Labute approximate surface area is 131 Å². The fourth-order valence-electron chi connectivity index (χ4n) is 5.89. The Kier molecular flexibility index (Phi) is 2.92. The van der Waals surface area contributed by atoms with Crippen LogP contribution in [-0.2, 0) is 4.74 Å². The molecule has 20 heavy (non-hydrogen) atoms. The summed E-state index contributed by atoms with van der Waals surface area (Å²) in [6, 6.07) is 0. The van der Waals surface area contributed by atoms with E-state index in [9.17, 15) is 0 Å². The average molecular weight is 339 g/mol. The molecule has 2 bridgehead atoms. The first-order valence-corrected chi connectivity index (χ1v) is 9.41. The minimum atomic E-state index is 0.0828. The van der Waals surface area contributed by atoms with Crippen molar-refractivity contribution >= 4 is 15.9 Å². The van der Waals surface area contributed by atoms with E-state index in [2.05, 4.69) is 42.8 Å². The highest BCUT2D eigenvalue weighted by Crippen LogP contribution is 2.73. The largest absolute Gasteiger partial charge is 0.490 e. The molecule has 3 fully saturated rings. The van der Waals surface area contributed by atoms with Crippen molar-refractivity contribution in [2.24, 2.45) is 29.1 Å². The van der Waals surface area contributed by atoms with Crippen LogP contribution in [0.15, 0.2) is 11.8 Å². The van der Waals surface area contributed by atoms with Crippen molar-refractivity contribution in [3.05, 3.63) is 11.8 Å². The number of alkyl halides is 1. The lowest BCUT2D eigenvalue weighted by Gasteiger charge is -2.54. The summed E-state index contributed by atoms with van der Waals surface area (Å²) in [6.45, 7) is 7.43. The molecule has 2 heteroatoms. The molecule has 1 saturated heterocycles. The predicted molar refractivity (Wildman–Crippen MR) is 85.7 cm³/mol. The maximum Gasteiger partial charge on any atom is 0.127 e. The zero-order chi connectivity index (χ0) is 14.1. The van der Waals surface area contributed by atoms with Gasteiger partial charge in [-0.1, -0.05) is 43.1 Å². The number of fused-ring (bicyclic) bond motifs is 3. The first kappa shape index (κ1) is 13.7. The number of halogens is 1. The molecule has 6 atom stereocenters. The number of ether oxygens (including phenoxy) is 1. The summed E-state index contributed by atoms with van der Waals surface area (Å²) < 4.78 is 6.75. The van der Waals surface area contributed by atoms with Gasteiger partial charge in [-0.15, -0.1) is 0 Å². The molecule has 4 aliphatic rings. The van der Waals surface area contributed by atoms with E-state index in [-0.39, 0.29) is 5.60 Å². The van der Waals surface area contributed by atoms with Crippen LogP contribution >= 0.6 is 15.9 Å². The molecule has 0 amide bonds. The molecule has 0 N–H and O–H groups in total. The number of hydrogen-bond acceptors (Lipinski definition) is 1. The average Bonchev–Trinajstić information content (AvgIpc) is 2.95. The molecule has 1 nitrogen and oxygen atoms in total. The highest BCUT2D eigenvalue weighted by Gasteiger charge is 2.71. The fourth-order valence-corrected chi connectivity index (χ4v) is 7.10. The fraction of sp³-hybridized carbons (Fsp3) is 0.889. The van der Waals surface area contributed by atoms with Crippen molar-refractivity contribution in [3.8, 4) is 0 Å². The van der Waals surface area contributed by atoms with Gasteiger partial charge >= 0.3 is 0 Å². The lowest BCUT2D eigenvalue weighted by molar-refractivity contribution is -0.130. The first-order valence-electron chi connectivity index (χ1n) is 8.50. The quantitative estimate of drug-likeness (QED) is 0.545. The van der Waals surface area contributed by atoms with Gasteiger partial charge in [0, 0.05) is 12.3 Å². The normalized spacial score (nSPS) is 52.6. The lowest BCUT2D eigenvalue weighted by atomic mass is 9.63. The van der Waals surface area contributed by atoms with Gasteiger partial charge in [-0.25, -0.2) is 0 Å². The van der Waals surface area contributed by atoms with Gasteiger partial charge in [0.25, 0.3) is 0 Å². The Balaban J connectivity index is 1.78. The van der Waals surface area contributed by atoms with Gasteiger partial charge in [0.15, 0.2) is 0 Å². The van der Waals surface area contributed by atoms with Crippen LogP contribution in [0.2, 0.25) is 0 Å². The molecule has 112 valence electrons. The van der Waals surface area contributed by atoms with Crippen molar-refractivity contribution in [3.63, 3.8) is 0 Å². The van der Waals surface area contributed by atoms with Gasteiger partial charge in [-0.3, -0.25) is 0 Å². The molecule has 2 aliphatic carbocycles. The second-order valence-electron chi connectivity index (χ2n) is 8.27. The summed E-state index contributed by atoms with van der Waals surface area (Å²) in [4.78, 5) is 0.538. The zero-order valence-electron chi connectivity index (χ0n) is 13.0. The second kappa shape index (κ2) is 4.27. The topological polar surface area (TPSA) is 9.23 Å². The van der Waals surface area contributed by atoms with Crippen LogP contribution in [0, 0.1) is 29.1 Å². The highest BCUT2D eigenvalue weighted by molar-refractivity contribution is 9.09. The third kappa shape index (κ3) is 1.61. The van der Waals surface area contributed by atoms with Gasteiger partial charge in [-0.05, 0) is 54.9 Å². The van der Waals surface area contributed by atoms with Crippen LogP contribution in [0.3, 0.4) is 0 Å². The van der Waals surface area contributed by atoms with Crippen molar-refractivity contribution in [2.45, 2.75) is 69.7 Å². The molecule has 2 saturated carbocycles. The molecular weight excluding hydrogens is 312 g/mol. The molecule has 0 aromatic carbocycles. The number of rotatable bonds is 0. The van der Waals surface area contributed by atoms with Crippen LogP contribution in [0.1, 0.15) is 59.3 Å². The van der Waals surface area contributed by atoms with E-state index < -0.39 is 0 Å². The maximum atomic E-state index is 6.75. The Morgan fingerprint density at radius 2 is 2.05 bits per heavy atom. The molecule has 4 rings (SSSR count). The standard InChI is InChI=1S/C18H27BrO/c1-11-10-14-16(17(14,2)3)13-9-8-12-6-4-5-7-15(19)18(11,13)20-12/h8,11,13-16H,4-7,9-10H2,1-3H3/t11-,13+,14-,15+,16+,18-/m1/s1. The smallest absolute Gasteiger partial charge is 0.127 e. The van der Waals surface area contributed by atoms with E-state index in [1.54, 1.807) is 0 Å². The summed E-state index contributed by atoms with van der Waals surface area (Å²) in [5.74, 6) is 4.54. The molecule has 0 radical (unpaired) electrons.